The number of fused-ring (bicyclic) bond motifs is 1. The number of rotatable bonds is 4. The van der Waals surface area contributed by atoms with Crippen molar-refractivity contribution in [2.75, 3.05) is 19.0 Å². The zero-order chi connectivity index (χ0) is 17.8. The third-order valence-electron chi connectivity index (χ3n) is 4.18. The molecule has 128 valence electrons. The van der Waals surface area contributed by atoms with Crippen LogP contribution < -0.4 is 15.4 Å². The quantitative estimate of drug-likeness (QED) is 0.828. The molecule has 6 heteroatoms. The Balaban J connectivity index is 1.77. The van der Waals surface area contributed by atoms with Gasteiger partial charge in [-0.1, -0.05) is 6.07 Å². The molecule has 5 nitrogen and oxygen atoms in total. The molecule has 1 aromatic carbocycles. The number of anilines is 1. The minimum Gasteiger partial charge on any atom is -0.497 e. The number of hydrogen-bond acceptors (Lipinski definition) is 5. The van der Waals surface area contributed by atoms with Crippen LogP contribution in [0.4, 0.5) is 5.00 Å². The Bertz CT molecular complexity index is 878. The number of amides is 1. The number of nitrogens with zero attached hydrogens (tertiary/aromatic N) is 1. The van der Waals surface area contributed by atoms with Crippen molar-refractivity contribution in [1.29, 1.82) is 5.26 Å². The average Bonchev–Trinajstić information content (AvgIpc) is 2.97. The Morgan fingerprint density at radius 1 is 1.48 bits per heavy atom. The summed E-state index contributed by atoms with van der Waals surface area (Å²) in [5.41, 5.74) is 3.64. The molecule has 0 fully saturated rings. The van der Waals surface area contributed by atoms with Crippen LogP contribution in [0.5, 0.6) is 5.75 Å². The van der Waals surface area contributed by atoms with Gasteiger partial charge >= 0.3 is 0 Å². The molecule has 0 aliphatic carbocycles. The number of carbonyl (C=O) groups excluding carboxylic acids is 1. The molecule has 2 N–H and O–H groups in total. The number of methoxy groups -OCH3 is 1. The van der Waals surface area contributed by atoms with Crippen LogP contribution in [0.2, 0.25) is 0 Å². The lowest BCUT2D eigenvalue weighted by Gasteiger charge is -2.11. The molecule has 2 aromatic rings. The van der Waals surface area contributed by atoms with Crippen molar-refractivity contribution in [3.8, 4) is 11.8 Å². The average molecular weight is 353 g/mol. The number of benzene rings is 1. The van der Waals surface area contributed by atoms with Crippen LogP contribution in [0.25, 0.3) is 6.08 Å². The van der Waals surface area contributed by atoms with Gasteiger partial charge in [0, 0.05) is 17.5 Å². The largest absolute Gasteiger partial charge is 0.497 e. The van der Waals surface area contributed by atoms with Crippen molar-refractivity contribution in [1.82, 2.24) is 5.32 Å². The summed E-state index contributed by atoms with van der Waals surface area (Å²) in [5, 5.41) is 16.2. The first-order valence-electron chi connectivity index (χ1n) is 8.01. The topological polar surface area (TPSA) is 74.1 Å². The van der Waals surface area contributed by atoms with Crippen molar-refractivity contribution < 1.29 is 9.53 Å². The summed E-state index contributed by atoms with van der Waals surface area (Å²) in [7, 11) is 1.61. The molecule has 25 heavy (non-hydrogen) atoms. The molecular weight excluding hydrogens is 334 g/mol. The number of ether oxygens (including phenoxy) is 1. The maximum absolute atomic E-state index is 12.3. The zero-order valence-corrected chi connectivity index (χ0v) is 15.0. The summed E-state index contributed by atoms with van der Waals surface area (Å²) in [6, 6.07) is 7.95. The van der Waals surface area contributed by atoms with E-state index in [0.29, 0.717) is 10.6 Å². The van der Waals surface area contributed by atoms with Crippen LogP contribution in [0.3, 0.4) is 0 Å². The van der Waals surface area contributed by atoms with E-state index >= 15 is 0 Å². The van der Waals surface area contributed by atoms with Gasteiger partial charge in [0.2, 0.25) is 5.91 Å². The second-order valence-corrected chi connectivity index (χ2v) is 6.90. The maximum atomic E-state index is 12.3. The normalized spacial score (nSPS) is 13.3. The first-order valence-corrected chi connectivity index (χ1v) is 8.83. The predicted octanol–water partition coefficient (Wildman–Crippen LogP) is 3.23. The lowest BCUT2D eigenvalue weighted by Crippen LogP contribution is -2.22. The Labute approximate surface area is 150 Å². The van der Waals surface area contributed by atoms with Gasteiger partial charge in [-0.3, -0.25) is 4.79 Å². The zero-order valence-electron chi connectivity index (χ0n) is 14.2. The highest BCUT2D eigenvalue weighted by Crippen LogP contribution is 2.34. The van der Waals surface area contributed by atoms with Gasteiger partial charge in [0.25, 0.3) is 0 Å². The molecular formula is C19H19N3O2S. The van der Waals surface area contributed by atoms with Gasteiger partial charge in [-0.05, 0) is 54.8 Å². The minimum absolute atomic E-state index is 0.245. The van der Waals surface area contributed by atoms with Crippen LogP contribution >= 0.6 is 11.3 Å². The predicted molar refractivity (Wildman–Crippen MR) is 99.8 cm³/mol. The number of thiophene rings is 1. The number of nitrogens with one attached hydrogen (secondary N) is 2. The number of aryl methyl sites for hydroxylation is 1. The molecule has 0 spiro atoms. The highest BCUT2D eigenvalue weighted by molar-refractivity contribution is 7.16. The van der Waals surface area contributed by atoms with Crippen LogP contribution in [0, 0.1) is 18.3 Å². The van der Waals surface area contributed by atoms with E-state index in [1.807, 2.05) is 25.1 Å². The van der Waals surface area contributed by atoms with Gasteiger partial charge in [-0.2, -0.15) is 5.26 Å². The molecule has 0 unspecified atom stereocenters. The SMILES string of the molecule is COc1ccc(C)c(C=CC(=O)Nc2sc3c(c2C#N)CCNC3)c1. The fourth-order valence-electron chi connectivity index (χ4n) is 2.79. The number of hydrogen-bond donors (Lipinski definition) is 2. The lowest BCUT2D eigenvalue weighted by atomic mass is 10.1. The van der Waals surface area contributed by atoms with Crippen LogP contribution in [-0.2, 0) is 17.8 Å². The van der Waals surface area contributed by atoms with E-state index in [-0.39, 0.29) is 5.91 Å². The van der Waals surface area contributed by atoms with E-state index in [0.717, 1.165) is 46.8 Å². The Morgan fingerprint density at radius 3 is 3.08 bits per heavy atom. The fraction of sp³-hybridized carbons (Fsp3) is 0.263. The van der Waals surface area contributed by atoms with E-state index in [1.54, 1.807) is 13.2 Å². The highest BCUT2D eigenvalue weighted by atomic mass is 32.1. The summed E-state index contributed by atoms with van der Waals surface area (Å²) in [6.45, 7) is 3.59. The third kappa shape index (κ3) is 3.73. The van der Waals surface area contributed by atoms with Gasteiger partial charge in [0.05, 0.1) is 12.7 Å². The molecule has 0 atom stereocenters. The van der Waals surface area contributed by atoms with Crippen LogP contribution in [0.1, 0.15) is 27.1 Å². The standard InChI is InChI=1S/C19H19N3O2S/c1-12-3-5-14(24-2)9-13(12)4-6-18(23)22-19-16(10-20)15-7-8-21-11-17(15)25-19/h3-6,9,21H,7-8,11H2,1-2H3,(H,22,23). The molecule has 1 aromatic heterocycles. The van der Waals surface area contributed by atoms with E-state index in [4.69, 9.17) is 4.74 Å². The fourth-order valence-corrected chi connectivity index (χ4v) is 3.96. The van der Waals surface area contributed by atoms with Crippen LogP contribution in [-0.4, -0.2) is 19.6 Å². The second kappa shape index (κ2) is 7.51. The van der Waals surface area contributed by atoms with Gasteiger partial charge in [0.1, 0.15) is 16.8 Å². The molecule has 0 bridgehead atoms. The Kier molecular flexibility index (Phi) is 5.17. The molecule has 1 amide bonds. The number of nitriles is 1. The third-order valence-corrected chi connectivity index (χ3v) is 5.32. The van der Waals surface area contributed by atoms with E-state index in [9.17, 15) is 10.1 Å². The lowest BCUT2D eigenvalue weighted by molar-refractivity contribution is -0.111. The minimum atomic E-state index is -0.245. The molecule has 0 saturated heterocycles. The van der Waals surface area contributed by atoms with Gasteiger partial charge in [0.15, 0.2) is 0 Å². The van der Waals surface area contributed by atoms with Gasteiger partial charge in [-0.25, -0.2) is 0 Å². The maximum Gasteiger partial charge on any atom is 0.249 e. The summed E-state index contributed by atoms with van der Waals surface area (Å²) < 4.78 is 5.21. The Hall–Kier alpha value is -2.62. The van der Waals surface area contributed by atoms with Crippen molar-refractivity contribution in [2.45, 2.75) is 19.9 Å². The van der Waals surface area contributed by atoms with Crippen LogP contribution in [0.15, 0.2) is 24.3 Å². The van der Waals surface area contributed by atoms with E-state index in [1.165, 1.54) is 17.4 Å². The van der Waals surface area contributed by atoms with Gasteiger partial charge in [-0.15, -0.1) is 11.3 Å². The van der Waals surface area contributed by atoms with E-state index in [2.05, 4.69) is 16.7 Å². The highest BCUT2D eigenvalue weighted by Gasteiger charge is 2.21. The number of carbonyl (C=O) groups is 1. The van der Waals surface area contributed by atoms with Crippen molar-refractivity contribution in [2.24, 2.45) is 0 Å². The monoisotopic (exact) mass is 353 g/mol. The summed E-state index contributed by atoms with van der Waals surface area (Å²) in [4.78, 5) is 13.4. The van der Waals surface area contributed by atoms with E-state index < -0.39 is 0 Å². The second-order valence-electron chi connectivity index (χ2n) is 5.79. The summed E-state index contributed by atoms with van der Waals surface area (Å²) in [6.07, 6.45) is 4.07. The summed E-state index contributed by atoms with van der Waals surface area (Å²) in [5.74, 6) is 0.501. The molecule has 1 aliphatic heterocycles. The van der Waals surface area contributed by atoms with Crippen molar-refractivity contribution >= 4 is 28.3 Å². The molecule has 0 saturated carbocycles. The molecule has 3 rings (SSSR count). The van der Waals surface area contributed by atoms with Crippen molar-refractivity contribution in [3.05, 3.63) is 51.4 Å². The Morgan fingerprint density at radius 2 is 2.32 bits per heavy atom. The molecule has 2 heterocycles. The van der Waals surface area contributed by atoms with Crippen molar-refractivity contribution in [3.63, 3.8) is 0 Å². The molecule has 0 radical (unpaired) electrons. The van der Waals surface area contributed by atoms with Gasteiger partial charge < -0.3 is 15.4 Å². The smallest absolute Gasteiger partial charge is 0.249 e. The summed E-state index contributed by atoms with van der Waals surface area (Å²) >= 11 is 1.47. The first-order chi connectivity index (χ1) is 12.1. The molecule has 1 aliphatic rings. The first kappa shape index (κ1) is 17.2.